The molecule has 0 bridgehead atoms. The highest BCUT2D eigenvalue weighted by Gasteiger charge is 2.33. The molecule has 26 heavy (non-hydrogen) atoms. The van der Waals surface area contributed by atoms with E-state index in [1.54, 1.807) is 6.92 Å². The highest BCUT2D eigenvalue weighted by atomic mass is 19.1. The number of benzene rings is 1. The van der Waals surface area contributed by atoms with E-state index in [2.05, 4.69) is 5.32 Å². The Balaban J connectivity index is 1.84. The van der Waals surface area contributed by atoms with Gasteiger partial charge in [-0.3, -0.25) is 10.1 Å². The Labute approximate surface area is 148 Å². The summed E-state index contributed by atoms with van der Waals surface area (Å²) in [7, 11) is 0. The number of piperazine rings is 1. The number of nitrogens with zero attached hydrogens (tertiary/aromatic N) is 3. The Morgan fingerprint density at radius 2 is 2.00 bits per heavy atom. The highest BCUT2D eigenvalue weighted by Crippen LogP contribution is 2.39. The molecule has 0 unspecified atom stereocenters. The van der Waals surface area contributed by atoms with Crippen molar-refractivity contribution in [3.63, 3.8) is 0 Å². The van der Waals surface area contributed by atoms with Crippen molar-refractivity contribution in [3.8, 4) is 0 Å². The minimum Gasteiger partial charge on any atom is -0.450 e. The average Bonchev–Trinajstić information content (AvgIpc) is 3.42. The first kappa shape index (κ1) is 18.2. The van der Waals surface area contributed by atoms with Gasteiger partial charge in [0.1, 0.15) is 5.69 Å². The van der Waals surface area contributed by atoms with Crippen LogP contribution in [0.2, 0.25) is 0 Å². The molecule has 2 fully saturated rings. The van der Waals surface area contributed by atoms with Gasteiger partial charge in [0.15, 0.2) is 17.3 Å². The van der Waals surface area contributed by atoms with Crippen LogP contribution < -0.4 is 10.2 Å². The van der Waals surface area contributed by atoms with E-state index in [0.29, 0.717) is 0 Å². The average molecular weight is 370 g/mol. The van der Waals surface area contributed by atoms with Crippen molar-refractivity contribution in [3.05, 3.63) is 27.8 Å². The number of carbonyl (C=O) groups excluding carboxylic acids is 1. The van der Waals surface area contributed by atoms with Gasteiger partial charge in [0, 0.05) is 32.2 Å². The second-order valence-electron chi connectivity index (χ2n) is 6.26. The number of anilines is 2. The van der Waals surface area contributed by atoms with Gasteiger partial charge in [-0.15, -0.1) is 0 Å². The number of rotatable bonds is 5. The highest BCUT2D eigenvalue weighted by molar-refractivity contribution is 5.72. The summed E-state index contributed by atoms with van der Waals surface area (Å²) in [4.78, 5) is 25.0. The molecule has 142 valence electrons. The number of hydrogen-bond acceptors (Lipinski definition) is 6. The predicted octanol–water partition coefficient (Wildman–Crippen LogP) is 2.73. The van der Waals surface area contributed by atoms with Gasteiger partial charge in [0.05, 0.1) is 17.6 Å². The summed E-state index contributed by atoms with van der Waals surface area (Å²) in [5.41, 5.74) is -1.19. The number of carbonyl (C=O) groups is 1. The monoisotopic (exact) mass is 370 g/mol. The molecule has 1 saturated heterocycles. The van der Waals surface area contributed by atoms with Crippen LogP contribution in [0.5, 0.6) is 0 Å². The van der Waals surface area contributed by atoms with Crippen molar-refractivity contribution in [2.45, 2.75) is 25.8 Å². The summed E-state index contributed by atoms with van der Waals surface area (Å²) in [6, 6.07) is 0.725. The Morgan fingerprint density at radius 1 is 1.35 bits per heavy atom. The zero-order valence-corrected chi connectivity index (χ0v) is 14.3. The summed E-state index contributed by atoms with van der Waals surface area (Å²) >= 11 is 0. The van der Waals surface area contributed by atoms with Gasteiger partial charge < -0.3 is 19.9 Å². The maximum atomic E-state index is 14.9. The van der Waals surface area contributed by atoms with Gasteiger partial charge in [0.2, 0.25) is 0 Å². The fourth-order valence-electron chi connectivity index (χ4n) is 2.93. The molecule has 8 nitrogen and oxygen atoms in total. The van der Waals surface area contributed by atoms with E-state index in [0.717, 1.165) is 18.9 Å². The maximum Gasteiger partial charge on any atom is 0.409 e. The van der Waals surface area contributed by atoms with E-state index in [4.69, 9.17) is 4.74 Å². The summed E-state index contributed by atoms with van der Waals surface area (Å²) in [5.74, 6) is -1.95. The van der Waals surface area contributed by atoms with Gasteiger partial charge >= 0.3 is 6.09 Å². The number of halogens is 2. The third-order valence-corrected chi connectivity index (χ3v) is 4.42. The lowest BCUT2D eigenvalue weighted by molar-refractivity contribution is -0.384. The molecule has 1 aromatic rings. The summed E-state index contributed by atoms with van der Waals surface area (Å²) in [6.45, 7) is 2.85. The van der Waals surface area contributed by atoms with E-state index in [1.165, 1.54) is 9.80 Å². The number of amides is 1. The molecule has 1 saturated carbocycles. The molecule has 1 aliphatic heterocycles. The van der Waals surface area contributed by atoms with Crippen LogP contribution in [0, 0.1) is 21.7 Å². The Bertz CT molecular complexity index is 719. The zero-order chi connectivity index (χ0) is 18.8. The normalized spacial score (nSPS) is 17.2. The summed E-state index contributed by atoms with van der Waals surface area (Å²) in [5, 5.41) is 13.9. The quantitative estimate of drug-likeness (QED) is 0.633. The van der Waals surface area contributed by atoms with E-state index in [1.807, 2.05) is 0 Å². The maximum absolute atomic E-state index is 14.9. The zero-order valence-electron chi connectivity index (χ0n) is 14.3. The lowest BCUT2D eigenvalue weighted by atomic mass is 10.1. The number of nitro groups is 1. The molecule has 0 atom stereocenters. The van der Waals surface area contributed by atoms with Crippen LogP contribution in [-0.2, 0) is 4.74 Å². The number of ether oxygens (including phenoxy) is 1. The first-order valence-corrected chi connectivity index (χ1v) is 8.52. The molecule has 0 aromatic heterocycles. The van der Waals surface area contributed by atoms with Gasteiger partial charge in [-0.25, -0.2) is 13.6 Å². The van der Waals surface area contributed by atoms with Crippen LogP contribution in [-0.4, -0.2) is 54.7 Å². The first-order chi connectivity index (χ1) is 12.4. The molecule has 1 aliphatic carbocycles. The SMILES string of the molecule is CCOC(=O)N1CCN(c2c(F)cc([N+](=O)[O-])c(NC3CC3)c2F)CC1. The van der Waals surface area contributed by atoms with Crippen molar-refractivity contribution in [2.75, 3.05) is 43.0 Å². The van der Waals surface area contributed by atoms with Gasteiger partial charge in [-0.2, -0.15) is 0 Å². The van der Waals surface area contributed by atoms with Crippen molar-refractivity contribution in [1.82, 2.24) is 4.90 Å². The number of nitro benzene ring substituents is 1. The van der Waals surface area contributed by atoms with Crippen molar-refractivity contribution >= 4 is 23.2 Å². The Kier molecular flexibility index (Phi) is 5.10. The third kappa shape index (κ3) is 3.63. The summed E-state index contributed by atoms with van der Waals surface area (Å²) in [6.07, 6.45) is 1.12. The molecule has 1 N–H and O–H groups in total. The van der Waals surface area contributed by atoms with E-state index in [9.17, 15) is 23.7 Å². The van der Waals surface area contributed by atoms with Crippen LogP contribution >= 0.6 is 0 Å². The van der Waals surface area contributed by atoms with Gasteiger partial charge in [0.25, 0.3) is 5.69 Å². The predicted molar refractivity (Wildman–Crippen MR) is 90.5 cm³/mol. The molecule has 3 rings (SSSR count). The molecule has 10 heteroatoms. The van der Waals surface area contributed by atoms with E-state index in [-0.39, 0.29) is 50.2 Å². The number of hydrogen-bond donors (Lipinski definition) is 1. The van der Waals surface area contributed by atoms with Crippen LogP contribution in [0.4, 0.5) is 30.6 Å². The smallest absolute Gasteiger partial charge is 0.409 e. The Morgan fingerprint density at radius 3 is 2.54 bits per heavy atom. The van der Waals surface area contributed by atoms with Gasteiger partial charge in [-0.05, 0) is 19.8 Å². The summed E-state index contributed by atoms with van der Waals surface area (Å²) < 4.78 is 34.3. The van der Waals surface area contributed by atoms with Crippen LogP contribution in [0.15, 0.2) is 6.07 Å². The number of nitrogens with one attached hydrogen (secondary N) is 1. The molecule has 0 spiro atoms. The van der Waals surface area contributed by atoms with Gasteiger partial charge in [-0.1, -0.05) is 0 Å². The van der Waals surface area contributed by atoms with E-state index < -0.39 is 28.3 Å². The fraction of sp³-hybridized carbons (Fsp3) is 0.562. The van der Waals surface area contributed by atoms with Crippen LogP contribution in [0.25, 0.3) is 0 Å². The Hall–Kier alpha value is -2.65. The first-order valence-electron chi connectivity index (χ1n) is 8.52. The molecular weight excluding hydrogens is 350 g/mol. The molecule has 1 aromatic carbocycles. The largest absolute Gasteiger partial charge is 0.450 e. The topological polar surface area (TPSA) is 88.0 Å². The van der Waals surface area contributed by atoms with Crippen molar-refractivity contribution in [2.24, 2.45) is 0 Å². The molecule has 1 heterocycles. The molecule has 0 radical (unpaired) electrons. The van der Waals surface area contributed by atoms with Crippen LogP contribution in [0.1, 0.15) is 19.8 Å². The lowest BCUT2D eigenvalue weighted by Crippen LogP contribution is -2.49. The minimum absolute atomic E-state index is 0.0258. The standard InChI is InChI=1S/C16H20F2N4O4/c1-2-26-16(23)21-7-5-20(6-8-21)15-11(17)9-12(22(24)25)14(13(15)18)19-10-3-4-10/h9-10,19H,2-8H2,1H3. The van der Waals surface area contributed by atoms with Crippen molar-refractivity contribution in [1.29, 1.82) is 0 Å². The molecular formula is C16H20F2N4O4. The fourth-order valence-corrected chi connectivity index (χ4v) is 2.93. The van der Waals surface area contributed by atoms with Crippen molar-refractivity contribution < 1.29 is 23.2 Å². The lowest BCUT2D eigenvalue weighted by Gasteiger charge is -2.35. The molecule has 1 amide bonds. The third-order valence-electron chi connectivity index (χ3n) is 4.42. The van der Waals surface area contributed by atoms with E-state index >= 15 is 0 Å². The second-order valence-corrected chi connectivity index (χ2v) is 6.26. The second kappa shape index (κ2) is 7.30. The minimum atomic E-state index is -0.986. The van der Waals surface area contributed by atoms with Crippen LogP contribution in [0.3, 0.4) is 0 Å². The molecule has 2 aliphatic rings.